The van der Waals surface area contributed by atoms with Gasteiger partial charge in [0.05, 0.1) is 28.8 Å². The van der Waals surface area contributed by atoms with E-state index >= 15 is 0 Å². The molecular weight excluding hydrogens is 802 g/mol. The molecule has 1 saturated heterocycles. The monoisotopic (exact) mass is 832 g/mol. The Kier molecular flexibility index (Phi) is 12.5. The molecule has 0 spiro atoms. The van der Waals surface area contributed by atoms with Crippen LogP contribution in [0, 0.1) is 19.8 Å². The van der Waals surface area contributed by atoms with Crippen LogP contribution in [0.25, 0.3) is 0 Å². The molecule has 0 aliphatic carbocycles. The number of fused-ring (bicyclic) bond motifs is 6. The number of aromatic nitrogens is 4. The Morgan fingerprint density at radius 3 is 2.22 bits per heavy atom. The lowest BCUT2D eigenvalue weighted by Gasteiger charge is -2.30. The molecule has 0 radical (unpaired) electrons. The number of carbonyl (C=O) groups excluding carboxylic acids is 3. The number of rotatable bonds is 6. The highest BCUT2D eigenvalue weighted by molar-refractivity contribution is 7.91. The highest BCUT2D eigenvalue weighted by Crippen LogP contribution is 2.32. The number of pyridine rings is 1. The normalized spacial score (nSPS) is 15.1. The van der Waals surface area contributed by atoms with Crippen LogP contribution >= 0.6 is 22.9 Å². The number of nitrogens with one attached hydrogen (secondary N) is 3. The van der Waals surface area contributed by atoms with Crippen molar-refractivity contribution in [1.29, 1.82) is 0 Å². The standard InChI is InChI=1S/C29H31ClN8O3S2.C4F6O2/c1-17-28(42-18(2)33-17)43(40,41)38-9-7-19(8-10-38)12-26(39)36-25-6-5-22-13-21(25)4-3-20-11-23(15-31-14-20)35-29-32-16-24(30)27(34-22)37-29;5-3(6,7)1(11)2(12)4(8,9)10/h5-6,11,13-16,19H,3-4,7-10,12H2,1-2H3,(H,36,39)(H2,32,34,35,37);. The number of hydrogen-bond donors (Lipinski definition) is 3. The Balaban J connectivity index is 0.000000418. The second-order valence-corrected chi connectivity index (χ2v) is 16.2. The third-order valence-electron chi connectivity index (χ3n) is 8.32. The molecule has 1 aromatic carbocycles. The Bertz CT molecular complexity index is 2190. The molecule has 3 N–H and O–H groups in total. The van der Waals surface area contributed by atoms with Crippen LogP contribution < -0.4 is 16.0 Å². The van der Waals surface area contributed by atoms with Gasteiger partial charge in [-0.25, -0.2) is 18.4 Å². The van der Waals surface area contributed by atoms with Crippen molar-refractivity contribution in [1.82, 2.24) is 24.2 Å². The van der Waals surface area contributed by atoms with E-state index in [2.05, 4.69) is 35.9 Å². The maximum absolute atomic E-state index is 13.2. The van der Waals surface area contributed by atoms with Crippen molar-refractivity contribution in [3.63, 3.8) is 0 Å². The van der Waals surface area contributed by atoms with Gasteiger partial charge in [-0.05, 0) is 80.8 Å². The van der Waals surface area contributed by atoms with Gasteiger partial charge < -0.3 is 16.0 Å². The first-order chi connectivity index (χ1) is 25.7. The van der Waals surface area contributed by atoms with Crippen molar-refractivity contribution in [2.45, 2.75) is 62.5 Å². The summed E-state index contributed by atoms with van der Waals surface area (Å²) in [6.45, 7) is 4.31. The zero-order chi connectivity index (χ0) is 40.3. The largest absolute Gasteiger partial charge is 0.458 e. The molecule has 6 rings (SSSR count). The van der Waals surface area contributed by atoms with Gasteiger partial charge in [-0.3, -0.25) is 19.4 Å². The average molecular weight is 833 g/mol. The molecule has 294 valence electrons. The number of thiazole rings is 1. The number of sulfonamides is 1. The number of anilines is 5. The molecule has 2 aliphatic rings. The topological polar surface area (TPSA) is 176 Å². The summed E-state index contributed by atoms with van der Waals surface area (Å²) >= 11 is 7.58. The summed E-state index contributed by atoms with van der Waals surface area (Å²) in [5.74, 6) is -5.96. The van der Waals surface area contributed by atoms with Crippen LogP contribution in [0.5, 0.6) is 0 Å². The van der Waals surface area contributed by atoms with Crippen molar-refractivity contribution in [3.8, 4) is 0 Å². The predicted octanol–water partition coefficient (Wildman–Crippen LogP) is 6.86. The summed E-state index contributed by atoms with van der Waals surface area (Å²) in [5.41, 5.74) is 4.81. The summed E-state index contributed by atoms with van der Waals surface area (Å²) in [4.78, 5) is 49.9. The van der Waals surface area contributed by atoms with Crippen LogP contribution in [0.3, 0.4) is 0 Å². The van der Waals surface area contributed by atoms with Crippen molar-refractivity contribution in [3.05, 3.63) is 69.7 Å². The molecule has 0 saturated carbocycles. The number of carbonyl (C=O) groups is 3. The minimum atomic E-state index is -5.77. The molecule has 1 amide bonds. The van der Waals surface area contributed by atoms with Gasteiger partial charge in [0.1, 0.15) is 5.02 Å². The summed E-state index contributed by atoms with van der Waals surface area (Å²) in [6, 6.07) is 7.75. The summed E-state index contributed by atoms with van der Waals surface area (Å²) in [6.07, 6.45) is -3.53. The molecular formula is C33H31ClF6N8O5S2. The van der Waals surface area contributed by atoms with Crippen molar-refractivity contribution in [2.24, 2.45) is 5.92 Å². The molecule has 55 heavy (non-hydrogen) atoms. The minimum Gasteiger partial charge on any atom is -0.339 e. The van der Waals surface area contributed by atoms with E-state index in [1.54, 1.807) is 13.1 Å². The average Bonchev–Trinajstić information content (AvgIpc) is 3.46. The van der Waals surface area contributed by atoms with E-state index in [1.165, 1.54) is 21.8 Å². The number of hydrogen-bond acceptors (Lipinski definition) is 12. The molecule has 22 heteroatoms. The third-order valence-corrected chi connectivity index (χ3v) is 12.2. The van der Waals surface area contributed by atoms with E-state index in [9.17, 15) is 49.1 Å². The van der Waals surface area contributed by atoms with E-state index in [1.807, 2.05) is 37.4 Å². The molecule has 5 heterocycles. The van der Waals surface area contributed by atoms with Gasteiger partial charge >= 0.3 is 23.9 Å². The maximum Gasteiger partial charge on any atom is 0.458 e. The third kappa shape index (κ3) is 10.5. The zero-order valence-corrected chi connectivity index (χ0v) is 31.2. The molecule has 1 fully saturated rings. The van der Waals surface area contributed by atoms with Crippen LogP contribution in [-0.2, 0) is 37.2 Å². The lowest BCUT2D eigenvalue weighted by atomic mass is 9.94. The van der Waals surface area contributed by atoms with Gasteiger partial charge in [-0.2, -0.15) is 35.6 Å². The van der Waals surface area contributed by atoms with Gasteiger partial charge in [0.2, 0.25) is 11.9 Å². The number of Topliss-reactive ketones (excluding diaryl/α,β-unsaturated/α-hetero) is 2. The first kappa shape index (κ1) is 41.4. The quantitative estimate of drug-likeness (QED) is 0.137. The number of benzene rings is 1. The molecule has 0 unspecified atom stereocenters. The van der Waals surface area contributed by atoms with Gasteiger partial charge in [-0.1, -0.05) is 11.6 Å². The smallest absolute Gasteiger partial charge is 0.339 e. The Morgan fingerprint density at radius 2 is 1.60 bits per heavy atom. The van der Waals surface area contributed by atoms with Gasteiger partial charge in [-0.15, -0.1) is 11.3 Å². The fourth-order valence-electron chi connectivity index (χ4n) is 5.70. The lowest BCUT2D eigenvalue weighted by molar-refractivity contribution is -0.193. The van der Waals surface area contributed by atoms with Gasteiger partial charge in [0.15, 0.2) is 10.0 Å². The van der Waals surface area contributed by atoms with E-state index in [4.69, 9.17) is 11.6 Å². The predicted molar refractivity (Wildman–Crippen MR) is 190 cm³/mol. The number of nitrogens with zero attached hydrogens (tertiary/aromatic N) is 5. The summed E-state index contributed by atoms with van der Waals surface area (Å²) in [7, 11) is -3.58. The number of halogens is 7. The highest BCUT2D eigenvalue weighted by atomic mass is 35.5. The Labute approximate surface area is 319 Å². The fraction of sp³-hybridized carbons (Fsp3) is 0.364. The van der Waals surface area contributed by atoms with Gasteiger partial charge in [0, 0.05) is 37.1 Å². The van der Waals surface area contributed by atoms with Crippen LogP contribution in [0.2, 0.25) is 5.02 Å². The van der Waals surface area contributed by atoms with Crippen LogP contribution in [0.1, 0.15) is 41.1 Å². The van der Waals surface area contributed by atoms with Crippen LogP contribution in [0.15, 0.2) is 47.1 Å². The number of aryl methyl sites for hydroxylation is 4. The highest BCUT2D eigenvalue weighted by Gasteiger charge is 2.54. The molecule has 13 nitrogen and oxygen atoms in total. The molecule has 6 bridgehead atoms. The van der Waals surface area contributed by atoms with E-state index in [-0.39, 0.29) is 11.8 Å². The summed E-state index contributed by atoms with van der Waals surface area (Å²) in [5, 5.41) is 10.7. The molecule has 4 aromatic rings. The second kappa shape index (κ2) is 16.6. The van der Waals surface area contributed by atoms with Gasteiger partial charge in [0.25, 0.3) is 10.0 Å². The van der Waals surface area contributed by atoms with Crippen molar-refractivity contribution >= 4 is 79.3 Å². The minimum absolute atomic E-state index is 0.0912. The first-order valence-electron chi connectivity index (χ1n) is 16.3. The fourth-order valence-corrected chi connectivity index (χ4v) is 8.92. The Morgan fingerprint density at radius 1 is 0.927 bits per heavy atom. The molecule has 2 aliphatic heterocycles. The number of alkyl halides is 6. The Hall–Kier alpha value is -4.73. The van der Waals surface area contributed by atoms with Crippen LogP contribution in [-0.4, -0.2) is 75.6 Å². The summed E-state index contributed by atoms with van der Waals surface area (Å²) < 4.78 is 95.1. The SMILES string of the molecule is Cc1nc(C)c(S(=O)(=O)N2CCC(CC(=O)Nc3ccc4cc3CCc3cncc(c3)Nc3ncc(Cl)c(n3)N4)CC2)s1.O=C(C(=O)C(F)(F)F)C(F)(F)F. The maximum atomic E-state index is 13.2. The van der Waals surface area contributed by atoms with Crippen LogP contribution in [0.4, 0.5) is 55.2 Å². The lowest BCUT2D eigenvalue weighted by Crippen LogP contribution is -2.39. The first-order valence-corrected chi connectivity index (χ1v) is 18.9. The van der Waals surface area contributed by atoms with E-state index in [0.717, 1.165) is 33.2 Å². The number of piperidine rings is 1. The van der Waals surface area contributed by atoms with E-state index in [0.29, 0.717) is 71.9 Å². The zero-order valence-electron chi connectivity index (χ0n) is 28.8. The second-order valence-electron chi connectivity index (χ2n) is 12.5. The van der Waals surface area contributed by atoms with Crippen molar-refractivity contribution < 1.29 is 49.1 Å². The molecule has 3 aromatic heterocycles. The molecule has 0 atom stereocenters. The number of amides is 1. The number of ketones is 2. The van der Waals surface area contributed by atoms with E-state index < -0.39 is 33.9 Å². The van der Waals surface area contributed by atoms with Crippen molar-refractivity contribution in [2.75, 3.05) is 29.0 Å².